The number of hydrogen-bond acceptors (Lipinski definition) is 3. The van der Waals surface area contributed by atoms with Crippen molar-refractivity contribution in [2.45, 2.75) is 50.0 Å². The van der Waals surface area contributed by atoms with Crippen LogP contribution in [0.15, 0.2) is 0 Å². The van der Waals surface area contributed by atoms with Crippen LogP contribution in [-0.4, -0.2) is 35.8 Å². The molecule has 0 amide bonds. The molecule has 3 aliphatic heterocycles. The summed E-state index contributed by atoms with van der Waals surface area (Å²) in [5.74, 6) is 2.66. The van der Waals surface area contributed by atoms with E-state index in [1.54, 1.807) is 0 Å². The molecule has 0 radical (unpaired) electrons. The molecule has 1 N–H and O–H groups in total. The van der Waals surface area contributed by atoms with Crippen LogP contribution in [0.25, 0.3) is 0 Å². The van der Waals surface area contributed by atoms with Gasteiger partial charge in [-0.25, -0.2) is 0 Å². The molecule has 3 heterocycles. The molecule has 0 aromatic rings. The van der Waals surface area contributed by atoms with Gasteiger partial charge in [0.15, 0.2) is 0 Å². The normalized spacial score (nSPS) is 48.9. The largest absolute Gasteiger partial charge is 0.373 e. The molecule has 3 heteroatoms. The highest BCUT2D eigenvalue weighted by Crippen LogP contribution is 2.35. The van der Waals surface area contributed by atoms with Crippen molar-refractivity contribution in [2.24, 2.45) is 0 Å². The maximum atomic E-state index is 5.83. The van der Waals surface area contributed by atoms with Gasteiger partial charge < -0.3 is 10.1 Å². The Morgan fingerprint density at radius 3 is 2.85 bits per heavy atom. The molecular formula is C10H17NOS. The predicted octanol–water partition coefficient (Wildman–Crippen LogP) is 1.40. The van der Waals surface area contributed by atoms with E-state index in [-0.39, 0.29) is 0 Å². The summed E-state index contributed by atoms with van der Waals surface area (Å²) >= 11 is 2.08. The van der Waals surface area contributed by atoms with Crippen LogP contribution in [0.1, 0.15) is 25.7 Å². The number of rotatable bonds is 2. The lowest BCUT2D eigenvalue weighted by Gasteiger charge is -2.23. The molecule has 3 fully saturated rings. The lowest BCUT2D eigenvalue weighted by molar-refractivity contribution is 0.0963. The number of thioether (sulfide) groups is 1. The first-order chi connectivity index (χ1) is 6.42. The predicted molar refractivity (Wildman–Crippen MR) is 55.2 cm³/mol. The van der Waals surface area contributed by atoms with Crippen LogP contribution in [0.4, 0.5) is 0 Å². The second-order valence-electron chi connectivity index (χ2n) is 4.44. The Labute approximate surface area is 83.8 Å². The van der Waals surface area contributed by atoms with Crippen molar-refractivity contribution in [1.82, 2.24) is 5.32 Å². The second kappa shape index (κ2) is 3.44. The Bertz CT molecular complexity index is 193. The quantitative estimate of drug-likeness (QED) is 0.726. The monoisotopic (exact) mass is 199 g/mol. The van der Waals surface area contributed by atoms with Crippen LogP contribution in [-0.2, 0) is 4.74 Å². The molecule has 74 valence electrons. The molecule has 0 aliphatic carbocycles. The van der Waals surface area contributed by atoms with Crippen molar-refractivity contribution >= 4 is 11.8 Å². The molecule has 4 atom stereocenters. The van der Waals surface area contributed by atoms with Gasteiger partial charge in [-0.05, 0) is 31.4 Å². The zero-order valence-electron chi connectivity index (χ0n) is 7.87. The summed E-state index contributed by atoms with van der Waals surface area (Å²) in [4.78, 5) is 0. The summed E-state index contributed by atoms with van der Waals surface area (Å²) < 4.78 is 5.83. The van der Waals surface area contributed by atoms with Gasteiger partial charge in [-0.2, -0.15) is 11.8 Å². The zero-order chi connectivity index (χ0) is 8.67. The lowest BCUT2D eigenvalue weighted by Crippen LogP contribution is -2.43. The third-order valence-corrected chi connectivity index (χ3v) is 4.65. The Balaban J connectivity index is 1.55. The van der Waals surface area contributed by atoms with E-state index >= 15 is 0 Å². The van der Waals surface area contributed by atoms with Crippen molar-refractivity contribution in [3.8, 4) is 0 Å². The highest BCUT2D eigenvalue weighted by molar-refractivity contribution is 7.99. The fourth-order valence-electron chi connectivity index (χ4n) is 2.78. The minimum Gasteiger partial charge on any atom is -0.373 e. The molecule has 0 saturated carbocycles. The van der Waals surface area contributed by atoms with Crippen LogP contribution in [0.5, 0.6) is 0 Å². The van der Waals surface area contributed by atoms with E-state index in [2.05, 4.69) is 17.1 Å². The summed E-state index contributed by atoms with van der Waals surface area (Å²) in [6, 6.07) is 1.46. The average molecular weight is 199 g/mol. The van der Waals surface area contributed by atoms with E-state index in [4.69, 9.17) is 4.74 Å². The van der Waals surface area contributed by atoms with Crippen molar-refractivity contribution in [3.63, 3.8) is 0 Å². The van der Waals surface area contributed by atoms with Gasteiger partial charge in [-0.15, -0.1) is 0 Å². The van der Waals surface area contributed by atoms with E-state index in [0.717, 1.165) is 6.04 Å². The minimum atomic E-state index is 0.551. The molecule has 3 aliphatic rings. The van der Waals surface area contributed by atoms with Crippen LogP contribution in [0, 0.1) is 0 Å². The van der Waals surface area contributed by atoms with Gasteiger partial charge in [0, 0.05) is 17.8 Å². The minimum absolute atomic E-state index is 0.551. The van der Waals surface area contributed by atoms with Gasteiger partial charge in [0.1, 0.15) is 0 Å². The molecule has 0 aromatic carbocycles. The summed E-state index contributed by atoms with van der Waals surface area (Å²) in [6.07, 6.45) is 6.38. The van der Waals surface area contributed by atoms with E-state index < -0.39 is 0 Å². The first-order valence-corrected chi connectivity index (χ1v) is 6.56. The molecule has 3 saturated heterocycles. The molecule has 0 spiro atoms. The Morgan fingerprint density at radius 2 is 2.23 bits per heavy atom. The van der Waals surface area contributed by atoms with Gasteiger partial charge in [0.05, 0.1) is 12.2 Å². The molecule has 0 aromatic heterocycles. The third kappa shape index (κ3) is 1.62. The molecule has 2 nitrogen and oxygen atoms in total. The first-order valence-electron chi connectivity index (χ1n) is 5.41. The van der Waals surface area contributed by atoms with E-state index in [1.807, 2.05) is 0 Å². The third-order valence-electron chi connectivity index (χ3n) is 3.49. The number of fused-ring (bicyclic) bond motifs is 2. The second-order valence-corrected chi connectivity index (χ2v) is 5.59. The van der Waals surface area contributed by atoms with E-state index in [1.165, 1.54) is 37.2 Å². The van der Waals surface area contributed by atoms with Crippen molar-refractivity contribution < 1.29 is 4.74 Å². The van der Waals surface area contributed by atoms with Crippen molar-refractivity contribution in [3.05, 3.63) is 0 Å². The highest BCUT2D eigenvalue weighted by atomic mass is 32.2. The Hall–Kier alpha value is 0.270. The smallest absolute Gasteiger partial charge is 0.0733 e. The lowest BCUT2D eigenvalue weighted by atomic mass is 9.95. The molecule has 4 unspecified atom stereocenters. The zero-order valence-corrected chi connectivity index (χ0v) is 8.69. The maximum absolute atomic E-state index is 5.83. The number of hydrogen-bond donors (Lipinski definition) is 1. The molecule has 3 rings (SSSR count). The number of nitrogens with one attached hydrogen (secondary N) is 1. The summed E-state index contributed by atoms with van der Waals surface area (Å²) in [7, 11) is 0. The summed E-state index contributed by atoms with van der Waals surface area (Å²) in [6.45, 7) is 0. The molecule has 13 heavy (non-hydrogen) atoms. The van der Waals surface area contributed by atoms with Crippen LogP contribution >= 0.6 is 11.8 Å². The van der Waals surface area contributed by atoms with Crippen molar-refractivity contribution in [2.75, 3.05) is 11.5 Å². The van der Waals surface area contributed by atoms with Crippen molar-refractivity contribution in [1.29, 1.82) is 0 Å². The average Bonchev–Trinajstić information content (AvgIpc) is 2.77. The summed E-state index contributed by atoms with van der Waals surface area (Å²) in [5.41, 5.74) is 0. The Kier molecular flexibility index (Phi) is 2.27. The molecular weight excluding hydrogens is 182 g/mol. The van der Waals surface area contributed by atoms with Gasteiger partial charge >= 0.3 is 0 Å². The Morgan fingerprint density at radius 1 is 1.23 bits per heavy atom. The fraction of sp³-hybridized carbons (Fsp3) is 1.00. The van der Waals surface area contributed by atoms with Gasteiger partial charge in [-0.3, -0.25) is 0 Å². The summed E-state index contributed by atoms with van der Waals surface area (Å²) in [5, 5.41) is 3.76. The van der Waals surface area contributed by atoms with E-state index in [0.29, 0.717) is 18.2 Å². The fourth-order valence-corrected chi connectivity index (χ4v) is 3.95. The van der Waals surface area contributed by atoms with Gasteiger partial charge in [0.2, 0.25) is 0 Å². The first kappa shape index (κ1) is 8.57. The number of ether oxygens (including phenoxy) is 1. The SMILES string of the molecule is C1CC(NC2CC3CCC2O3)CS1. The van der Waals surface area contributed by atoms with E-state index in [9.17, 15) is 0 Å². The van der Waals surface area contributed by atoms with Crippen LogP contribution in [0.2, 0.25) is 0 Å². The molecule has 2 bridgehead atoms. The maximum Gasteiger partial charge on any atom is 0.0733 e. The highest BCUT2D eigenvalue weighted by Gasteiger charge is 2.41. The van der Waals surface area contributed by atoms with Crippen LogP contribution in [0.3, 0.4) is 0 Å². The van der Waals surface area contributed by atoms with Gasteiger partial charge in [0.25, 0.3) is 0 Å². The topological polar surface area (TPSA) is 21.3 Å². The van der Waals surface area contributed by atoms with Gasteiger partial charge in [-0.1, -0.05) is 0 Å². The standard InChI is InChI=1S/C10H17NOS/c1-2-10-9(5-8(1)12-10)11-7-3-4-13-6-7/h7-11H,1-6H2. The van der Waals surface area contributed by atoms with Crippen LogP contribution < -0.4 is 5.32 Å².